The highest BCUT2D eigenvalue weighted by atomic mass is 16.3. The van der Waals surface area contributed by atoms with Gasteiger partial charge in [-0.2, -0.15) is 0 Å². The second kappa shape index (κ2) is 7.87. The smallest absolute Gasteiger partial charge is 0.0832 e. The molecule has 0 heterocycles. The van der Waals surface area contributed by atoms with Crippen LogP contribution in [0.15, 0.2) is 0 Å². The van der Waals surface area contributed by atoms with E-state index in [0.717, 1.165) is 41.9 Å². The minimum atomic E-state index is -0.410. The van der Waals surface area contributed by atoms with Crippen molar-refractivity contribution in [3.63, 3.8) is 0 Å². The topological polar surface area (TPSA) is 40.5 Å². The average Bonchev–Trinajstić information content (AvgIpc) is 3.39. The van der Waals surface area contributed by atoms with Crippen LogP contribution in [0.3, 0.4) is 0 Å². The van der Waals surface area contributed by atoms with Crippen LogP contribution < -0.4 is 0 Å². The summed E-state index contributed by atoms with van der Waals surface area (Å²) in [6.45, 7) is 12.0. The van der Waals surface area contributed by atoms with Crippen molar-refractivity contribution in [1.82, 2.24) is 0 Å². The molecular formula is C21H40O2. The molecule has 10 atom stereocenters. The van der Waals surface area contributed by atoms with Crippen molar-refractivity contribution in [3.05, 3.63) is 0 Å². The van der Waals surface area contributed by atoms with Crippen LogP contribution in [0.2, 0.25) is 0 Å². The molecular weight excluding hydrogens is 284 g/mol. The van der Waals surface area contributed by atoms with Gasteiger partial charge in [0.1, 0.15) is 0 Å². The fourth-order valence-electron chi connectivity index (χ4n) is 7.27. The van der Waals surface area contributed by atoms with Gasteiger partial charge in [-0.3, -0.25) is 0 Å². The third-order valence-corrected chi connectivity index (χ3v) is 7.42. The maximum Gasteiger partial charge on any atom is 0.0832 e. The second-order valence-corrected chi connectivity index (χ2v) is 7.59. The van der Waals surface area contributed by atoms with Gasteiger partial charge in [0.2, 0.25) is 0 Å². The molecule has 2 heteroatoms. The van der Waals surface area contributed by atoms with E-state index in [2.05, 4.69) is 0 Å². The Morgan fingerprint density at radius 3 is 1.61 bits per heavy atom. The van der Waals surface area contributed by atoms with Crippen LogP contribution >= 0.6 is 0 Å². The predicted molar refractivity (Wildman–Crippen MR) is 97.1 cm³/mol. The Hall–Kier alpha value is -0.0800. The first kappa shape index (κ1) is 19.2. The van der Waals surface area contributed by atoms with Crippen LogP contribution in [0.4, 0.5) is 0 Å². The van der Waals surface area contributed by atoms with E-state index in [0.29, 0.717) is 11.8 Å². The number of rotatable bonds is 0. The molecule has 23 heavy (non-hydrogen) atoms. The predicted octanol–water partition coefficient (Wildman–Crippen LogP) is 4.73. The molecule has 5 saturated carbocycles. The van der Waals surface area contributed by atoms with Crippen molar-refractivity contribution in [3.8, 4) is 0 Å². The van der Waals surface area contributed by atoms with E-state index in [9.17, 15) is 10.2 Å². The van der Waals surface area contributed by atoms with E-state index >= 15 is 0 Å². The van der Waals surface area contributed by atoms with Gasteiger partial charge in [-0.05, 0) is 79.4 Å². The number of fused-ring (bicyclic) bond motifs is 12. The lowest BCUT2D eigenvalue weighted by atomic mass is 9.64. The molecule has 2 nitrogen and oxygen atoms in total. The largest absolute Gasteiger partial charge is 0.390 e. The van der Waals surface area contributed by atoms with Gasteiger partial charge < -0.3 is 10.2 Å². The first-order valence-electron chi connectivity index (χ1n) is 10.6. The van der Waals surface area contributed by atoms with Crippen LogP contribution in [-0.4, -0.2) is 22.4 Å². The molecule has 136 valence electrons. The Morgan fingerprint density at radius 2 is 1.04 bits per heavy atom. The van der Waals surface area contributed by atoms with Gasteiger partial charge in [0.15, 0.2) is 0 Å². The van der Waals surface area contributed by atoms with Crippen molar-refractivity contribution in [2.24, 2.45) is 47.3 Å². The highest BCUT2D eigenvalue weighted by molar-refractivity contribution is 5.17. The fraction of sp³-hybridized carbons (Fsp3) is 1.00. The summed E-state index contributed by atoms with van der Waals surface area (Å²) in [4.78, 5) is 0. The van der Waals surface area contributed by atoms with Crippen molar-refractivity contribution in [2.75, 3.05) is 0 Å². The van der Waals surface area contributed by atoms with Gasteiger partial charge in [0, 0.05) is 0 Å². The van der Waals surface area contributed by atoms with Gasteiger partial charge in [-0.15, -0.1) is 0 Å². The summed E-state index contributed by atoms with van der Waals surface area (Å²) in [5.41, 5.74) is 0. The number of aliphatic hydroxyl groups excluding tert-OH is 2. The molecule has 5 aliphatic rings. The lowest BCUT2D eigenvalue weighted by Gasteiger charge is -2.41. The van der Waals surface area contributed by atoms with Crippen molar-refractivity contribution >= 4 is 0 Å². The molecule has 5 fully saturated rings. The Bertz CT molecular complexity index is 365. The number of hydrogen-bond donors (Lipinski definition) is 2. The molecule has 5 aliphatic carbocycles. The highest BCUT2D eigenvalue weighted by Crippen LogP contribution is 2.72. The summed E-state index contributed by atoms with van der Waals surface area (Å²) in [6.07, 6.45) is 5.93. The first-order chi connectivity index (χ1) is 11.3. The molecule has 0 aromatic rings. The standard InChI is InChI=1S/C15H22O2.3C2H6/c16-11-5-9-8-4-10(14(9)15(11)17)13-7-2-1-6(3-7)12(8)13;3*1-2/h6-17H,1-5H2;3*1-2H3. The minimum absolute atomic E-state index is 0.393. The lowest BCUT2D eigenvalue weighted by molar-refractivity contribution is -0.0160. The molecule has 0 aromatic heterocycles. The molecule has 5 rings (SSSR count). The fourth-order valence-corrected chi connectivity index (χ4v) is 7.27. The van der Waals surface area contributed by atoms with Gasteiger partial charge in [0.05, 0.1) is 12.2 Å². The third kappa shape index (κ3) is 2.68. The third-order valence-electron chi connectivity index (χ3n) is 7.42. The molecule has 2 N–H and O–H groups in total. The lowest BCUT2D eigenvalue weighted by Crippen LogP contribution is -2.39. The van der Waals surface area contributed by atoms with Crippen LogP contribution in [0.5, 0.6) is 0 Å². The van der Waals surface area contributed by atoms with E-state index in [-0.39, 0.29) is 0 Å². The van der Waals surface area contributed by atoms with Crippen LogP contribution in [0.1, 0.15) is 73.6 Å². The van der Waals surface area contributed by atoms with Crippen LogP contribution in [0, 0.1) is 47.3 Å². The zero-order chi connectivity index (χ0) is 17.3. The molecule has 0 radical (unpaired) electrons. The maximum atomic E-state index is 10.2. The molecule has 0 spiro atoms. The maximum absolute atomic E-state index is 10.2. The summed E-state index contributed by atoms with van der Waals surface area (Å²) in [7, 11) is 0. The van der Waals surface area contributed by atoms with E-state index < -0.39 is 12.2 Å². The average molecular weight is 325 g/mol. The summed E-state index contributed by atoms with van der Waals surface area (Å²) >= 11 is 0. The van der Waals surface area contributed by atoms with E-state index in [4.69, 9.17) is 0 Å². The Kier molecular flexibility index (Phi) is 6.58. The van der Waals surface area contributed by atoms with Crippen molar-refractivity contribution in [1.29, 1.82) is 0 Å². The van der Waals surface area contributed by atoms with E-state index in [1.165, 1.54) is 25.7 Å². The van der Waals surface area contributed by atoms with Crippen LogP contribution in [-0.2, 0) is 0 Å². The van der Waals surface area contributed by atoms with E-state index in [1.54, 1.807) is 0 Å². The quantitative estimate of drug-likeness (QED) is 0.632. The monoisotopic (exact) mass is 324 g/mol. The summed E-state index contributed by atoms with van der Waals surface area (Å²) in [6, 6.07) is 0. The van der Waals surface area contributed by atoms with Crippen LogP contribution in [0.25, 0.3) is 0 Å². The summed E-state index contributed by atoms with van der Waals surface area (Å²) in [5, 5.41) is 20.2. The Labute approximate surface area is 144 Å². The SMILES string of the molecule is CC.CC.CC.OC1CC2C3CC(C2C1O)C1C2CCC(C2)C31. The zero-order valence-corrected chi connectivity index (χ0v) is 16.2. The molecule has 0 saturated heterocycles. The second-order valence-electron chi connectivity index (χ2n) is 7.59. The molecule has 10 unspecified atom stereocenters. The Morgan fingerprint density at radius 1 is 0.565 bits per heavy atom. The van der Waals surface area contributed by atoms with Gasteiger partial charge in [-0.1, -0.05) is 41.5 Å². The van der Waals surface area contributed by atoms with Gasteiger partial charge >= 0.3 is 0 Å². The van der Waals surface area contributed by atoms with E-state index in [1.807, 2.05) is 41.5 Å². The van der Waals surface area contributed by atoms with Crippen molar-refractivity contribution in [2.45, 2.75) is 85.9 Å². The van der Waals surface area contributed by atoms with Gasteiger partial charge in [-0.25, -0.2) is 0 Å². The first-order valence-corrected chi connectivity index (χ1v) is 10.6. The number of aliphatic hydroxyl groups is 2. The molecule has 4 bridgehead atoms. The zero-order valence-electron chi connectivity index (χ0n) is 16.2. The minimum Gasteiger partial charge on any atom is -0.390 e. The number of hydrogen-bond acceptors (Lipinski definition) is 2. The normalized spacial score (nSPS) is 53.2. The molecule has 0 amide bonds. The van der Waals surface area contributed by atoms with Gasteiger partial charge in [0.25, 0.3) is 0 Å². The summed E-state index contributed by atoms with van der Waals surface area (Å²) in [5.74, 6) is 6.75. The summed E-state index contributed by atoms with van der Waals surface area (Å²) < 4.78 is 0. The van der Waals surface area contributed by atoms with Crippen molar-refractivity contribution < 1.29 is 10.2 Å². The Balaban J connectivity index is 0.000000291. The molecule has 0 aromatic carbocycles. The molecule has 0 aliphatic heterocycles. The highest BCUT2D eigenvalue weighted by Gasteiger charge is 2.68.